The number of rotatable bonds is 5. The van der Waals surface area contributed by atoms with Gasteiger partial charge in [0, 0.05) is 37.8 Å². The summed E-state index contributed by atoms with van der Waals surface area (Å²) in [7, 11) is 0. The van der Waals surface area contributed by atoms with Gasteiger partial charge in [0.25, 0.3) is 0 Å². The zero-order chi connectivity index (χ0) is 20.9. The molecule has 2 unspecified atom stereocenters. The maximum absolute atomic E-state index is 12.7. The molecule has 0 radical (unpaired) electrons. The zero-order valence-electron chi connectivity index (χ0n) is 18.3. The van der Waals surface area contributed by atoms with Crippen LogP contribution in [0.1, 0.15) is 46.1 Å². The molecule has 29 heavy (non-hydrogen) atoms. The number of aliphatic imine (C=N–C) groups is 1. The summed E-state index contributed by atoms with van der Waals surface area (Å²) >= 11 is 0. The fraction of sp³-hybridized carbons (Fsp3) is 0.652. The Morgan fingerprint density at radius 2 is 2.07 bits per heavy atom. The first kappa shape index (κ1) is 21.6. The van der Waals surface area contributed by atoms with E-state index in [0.717, 1.165) is 51.2 Å². The summed E-state index contributed by atoms with van der Waals surface area (Å²) in [6.07, 6.45) is 3.39. The highest BCUT2D eigenvalue weighted by Gasteiger charge is 2.35. The second kappa shape index (κ2) is 9.61. The van der Waals surface area contributed by atoms with E-state index in [-0.39, 0.29) is 24.0 Å². The molecule has 2 N–H and O–H groups in total. The number of hydrogen-bond donors (Lipinski definition) is 2. The molecule has 1 amide bonds. The molecule has 1 saturated heterocycles. The molecule has 6 heteroatoms. The standard InChI is InChI=1S/C23H36N4O2/c1-5-24-22(25-15-18-10-8-14-29-21(18)23(2,3)4)26-16-20(28)27-13-12-17-9-6-7-11-19(17)27/h6-7,9,11,18,21H,5,8,10,12-16H2,1-4H3,(H2,24,25,26). The zero-order valence-corrected chi connectivity index (χ0v) is 18.3. The summed E-state index contributed by atoms with van der Waals surface area (Å²) in [4.78, 5) is 19.2. The third kappa shape index (κ3) is 5.50. The summed E-state index contributed by atoms with van der Waals surface area (Å²) in [6.45, 7) is 12.0. The minimum Gasteiger partial charge on any atom is -0.377 e. The highest BCUT2D eigenvalue weighted by atomic mass is 16.5. The normalized spacial score (nSPS) is 22.3. The molecule has 2 aliphatic rings. The summed E-state index contributed by atoms with van der Waals surface area (Å²) in [6, 6.07) is 8.12. The Labute approximate surface area is 175 Å². The molecule has 1 fully saturated rings. The largest absolute Gasteiger partial charge is 0.377 e. The van der Waals surface area contributed by atoms with E-state index in [1.54, 1.807) is 0 Å². The molecular weight excluding hydrogens is 364 g/mol. The lowest BCUT2D eigenvalue weighted by Crippen LogP contribution is -2.47. The van der Waals surface area contributed by atoms with Crippen molar-refractivity contribution in [2.24, 2.45) is 16.3 Å². The van der Waals surface area contributed by atoms with Crippen LogP contribution in [-0.4, -0.2) is 50.8 Å². The molecule has 0 bridgehead atoms. The molecule has 3 rings (SSSR count). The van der Waals surface area contributed by atoms with Gasteiger partial charge in [-0.1, -0.05) is 39.0 Å². The Hall–Kier alpha value is -2.08. The van der Waals surface area contributed by atoms with Crippen molar-refractivity contribution in [3.05, 3.63) is 29.8 Å². The van der Waals surface area contributed by atoms with Gasteiger partial charge in [-0.25, -0.2) is 4.99 Å². The van der Waals surface area contributed by atoms with Gasteiger partial charge in [-0.15, -0.1) is 0 Å². The van der Waals surface area contributed by atoms with Crippen LogP contribution in [0.2, 0.25) is 0 Å². The number of nitrogens with one attached hydrogen (secondary N) is 2. The summed E-state index contributed by atoms with van der Waals surface area (Å²) in [5.41, 5.74) is 2.37. The third-order valence-corrected chi connectivity index (χ3v) is 5.73. The summed E-state index contributed by atoms with van der Waals surface area (Å²) < 4.78 is 6.09. The predicted octanol–water partition coefficient (Wildman–Crippen LogP) is 2.97. The van der Waals surface area contributed by atoms with Crippen LogP contribution in [-0.2, 0) is 16.0 Å². The maximum atomic E-state index is 12.7. The number of fused-ring (bicyclic) bond motifs is 1. The van der Waals surface area contributed by atoms with E-state index in [9.17, 15) is 4.79 Å². The van der Waals surface area contributed by atoms with Gasteiger partial charge in [0.15, 0.2) is 5.96 Å². The topological polar surface area (TPSA) is 66.0 Å². The SMILES string of the molecule is CCNC(=NCC(=O)N1CCc2ccccc21)NCC1CCCOC1C(C)(C)C. The van der Waals surface area contributed by atoms with Crippen molar-refractivity contribution in [3.8, 4) is 0 Å². The van der Waals surface area contributed by atoms with Crippen LogP contribution in [0, 0.1) is 11.3 Å². The predicted molar refractivity (Wildman–Crippen MR) is 118 cm³/mol. The Morgan fingerprint density at radius 1 is 1.28 bits per heavy atom. The number of nitrogens with zero attached hydrogens (tertiary/aromatic N) is 2. The molecule has 6 nitrogen and oxygen atoms in total. The number of carbonyl (C=O) groups is 1. The first-order valence-electron chi connectivity index (χ1n) is 10.9. The first-order chi connectivity index (χ1) is 13.9. The molecule has 1 aromatic rings. The van der Waals surface area contributed by atoms with Crippen molar-refractivity contribution >= 4 is 17.6 Å². The first-order valence-corrected chi connectivity index (χ1v) is 10.9. The van der Waals surface area contributed by atoms with E-state index < -0.39 is 0 Å². The highest BCUT2D eigenvalue weighted by Crippen LogP contribution is 2.33. The van der Waals surface area contributed by atoms with E-state index >= 15 is 0 Å². The molecule has 0 spiro atoms. The average Bonchev–Trinajstić information content (AvgIpc) is 3.13. The molecule has 1 aromatic carbocycles. The number of para-hydroxylation sites is 1. The van der Waals surface area contributed by atoms with Gasteiger partial charge < -0.3 is 20.3 Å². The number of guanidine groups is 1. The second-order valence-corrected chi connectivity index (χ2v) is 9.06. The van der Waals surface area contributed by atoms with E-state index in [2.05, 4.69) is 42.5 Å². The molecule has 0 saturated carbocycles. The van der Waals surface area contributed by atoms with E-state index in [1.807, 2.05) is 30.0 Å². The molecule has 0 aromatic heterocycles. The van der Waals surface area contributed by atoms with Crippen molar-refractivity contribution < 1.29 is 9.53 Å². The summed E-state index contributed by atoms with van der Waals surface area (Å²) in [5.74, 6) is 1.18. The second-order valence-electron chi connectivity index (χ2n) is 9.06. The van der Waals surface area contributed by atoms with E-state index in [1.165, 1.54) is 5.56 Å². The number of carbonyl (C=O) groups excluding carboxylic acids is 1. The van der Waals surface area contributed by atoms with Crippen molar-refractivity contribution in [2.45, 2.75) is 53.1 Å². The number of amides is 1. The monoisotopic (exact) mass is 400 g/mol. The molecule has 0 aliphatic carbocycles. The van der Waals surface area contributed by atoms with Gasteiger partial charge in [-0.05, 0) is 43.2 Å². The van der Waals surface area contributed by atoms with Crippen molar-refractivity contribution in [1.29, 1.82) is 0 Å². The molecule has 160 valence electrons. The molecule has 2 aliphatic heterocycles. The van der Waals surface area contributed by atoms with Gasteiger partial charge in [-0.3, -0.25) is 4.79 Å². The fourth-order valence-corrected chi connectivity index (χ4v) is 4.41. The van der Waals surface area contributed by atoms with Crippen LogP contribution in [0.25, 0.3) is 0 Å². The summed E-state index contributed by atoms with van der Waals surface area (Å²) in [5, 5.41) is 6.71. The van der Waals surface area contributed by atoms with Crippen LogP contribution >= 0.6 is 0 Å². The molecule has 2 atom stereocenters. The van der Waals surface area contributed by atoms with Crippen molar-refractivity contribution in [3.63, 3.8) is 0 Å². The molecular formula is C23H36N4O2. The minimum atomic E-state index is 0.0423. The number of ether oxygens (including phenoxy) is 1. The quantitative estimate of drug-likeness (QED) is 0.589. The van der Waals surface area contributed by atoms with Crippen molar-refractivity contribution in [1.82, 2.24) is 10.6 Å². The molecule has 2 heterocycles. The highest BCUT2D eigenvalue weighted by molar-refractivity contribution is 5.98. The van der Waals surface area contributed by atoms with Crippen LogP contribution in [0.15, 0.2) is 29.3 Å². The smallest absolute Gasteiger partial charge is 0.248 e. The van der Waals surface area contributed by atoms with Crippen molar-refractivity contribution in [2.75, 3.05) is 37.7 Å². The van der Waals surface area contributed by atoms with Gasteiger partial charge in [0.05, 0.1) is 6.10 Å². The lowest BCUT2D eigenvalue weighted by Gasteiger charge is -2.40. The number of hydrogen-bond acceptors (Lipinski definition) is 3. The average molecular weight is 401 g/mol. The van der Waals surface area contributed by atoms with Crippen LogP contribution < -0.4 is 15.5 Å². The Morgan fingerprint density at radius 3 is 2.83 bits per heavy atom. The van der Waals surface area contributed by atoms with Gasteiger partial charge in [-0.2, -0.15) is 0 Å². The fourth-order valence-electron chi connectivity index (χ4n) is 4.41. The van der Waals surface area contributed by atoms with Gasteiger partial charge >= 0.3 is 0 Å². The van der Waals surface area contributed by atoms with Crippen LogP contribution in [0.5, 0.6) is 0 Å². The van der Waals surface area contributed by atoms with Crippen LogP contribution in [0.4, 0.5) is 5.69 Å². The Bertz CT molecular complexity index is 726. The van der Waals surface area contributed by atoms with Gasteiger partial charge in [0.2, 0.25) is 5.91 Å². The van der Waals surface area contributed by atoms with E-state index in [0.29, 0.717) is 11.9 Å². The van der Waals surface area contributed by atoms with E-state index in [4.69, 9.17) is 4.74 Å². The number of benzene rings is 1. The lowest BCUT2D eigenvalue weighted by atomic mass is 9.78. The van der Waals surface area contributed by atoms with Crippen LogP contribution in [0.3, 0.4) is 0 Å². The Kier molecular flexibility index (Phi) is 7.17. The lowest BCUT2D eigenvalue weighted by molar-refractivity contribution is -0.117. The van der Waals surface area contributed by atoms with Gasteiger partial charge in [0.1, 0.15) is 6.54 Å². The minimum absolute atomic E-state index is 0.0423. The maximum Gasteiger partial charge on any atom is 0.248 e. The number of anilines is 1. The third-order valence-electron chi connectivity index (χ3n) is 5.73. The Balaban J connectivity index is 1.59.